The lowest BCUT2D eigenvalue weighted by Gasteiger charge is -2.32. The maximum absolute atomic E-state index is 13.0. The minimum Gasteiger partial charge on any atom is -0.497 e. The van der Waals surface area contributed by atoms with Crippen molar-refractivity contribution in [1.29, 1.82) is 0 Å². The zero-order valence-corrected chi connectivity index (χ0v) is 19.6. The van der Waals surface area contributed by atoms with Gasteiger partial charge in [-0.3, -0.25) is 9.59 Å². The second-order valence-corrected chi connectivity index (χ2v) is 9.29. The number of hydrogen-bond acceptors (Lipinski definition) is 7. The average molecular weight is 465 g/mol. The van der Waals surface area contributed by atoms with Gasteiger partial charge in [-0.2, -0.15) is 0 Å². The van der Waals surface area contributed by atoms with Gasteiger partial charge in [0.15, 0.2) is 5.76 Å². The lowest BCUT2D eigenvalue weighted by Crippen LogP contribution is -2.40. The highest BCUT2D eigenvalue weighted by atomic mass is 16.6. The lowest BCUT2D eigenvalue weighted by molar-refractivity contribution is -0.133. The number of rotatable bonds is 6. The van der Waals surface area contributed by atoms with Crippen LogP contribution in [0.3, 0.4) is 0 Å². The van der Waals surface area contributed by atoms with E-state index in [2.05, 4.69) is 10.3 Å². The summed E-state index contributed by atoms with van der Waals surface area (Å²) in [5.74, 6) is 1.76. The van der Waals surface area contributed by atoms with Crippen LogP contribution >= 0.6 is 0 Å². The molecule has 9 heteroatoms. The second kappa shape index (κ2) is 8.62. The zero-order valence-electron chi connectivity index (χ0n) is 19.6. The highest BCUT2D eigenvalue weighted by Gasteiger charge is 2.59. The molecule has 0 radical (unpaired) electrons. The number of aryl methyl sites for hydroxylation is 1. The Kier molecular flexibility index (Phi) is 5.63. The summed E-state index contributed by atoms with van der Waals surface area (Å²) in [5.41, 5.74) is 2.26. The smallest absolute Gasteiger partial charge is 0.289 e. The molecule has 2 aliphatic rings. The molecule has 5 rings (SSSR count). The molecule has 34 heavy (non-hydrogen) atoms. The van der Waals surface area contributed by atoms with E-state index in [1.165, 1.54) is 0 Å². The van der Waals surface area contributed by atoms with Crippen LogP contribution in [0.5, 0.6) is 5.75 Å². The molecule has 1 saturated carbocycles. The summed E-state index contributed by atoms with van der Waals surface area (Å²) in [7, 11) is 3.41. The molecule has 1 spiro atoms. The summed E-state index contributed by atoms with van der Waals surface area (Å²) in [6.07, 6.45) is 2.51. The maximum Gasteiger partial charge on any atom is 0.289 e. The van der Waals surface area contributed by atoms with Crippen LogP contribution in [0.25, 0.3) is 11.3 Å². The van der Waals surface area contributed by atoms with Gasteiger partial charge in [0.25, 0.3) is 5.91 Å². The van der Waals surface area contributed by atoms with E-state index in [0.717, 1.165) is 30.6 Å². The first-order valence-corrected chi connectivity index (χ1v) is 11.5. The SMILES string of the molecule is COc1ccc(-c2ccc(C(=O)N3CCC4(CC3)CC4C(=O)N(C)Cc3nonc3C)o2)cc1. The maximum atomic E-state index is 13.0. The van der Waals surface area contributed by atoms with Gasteiger partial charge in [0.05, 0.1) is 13.7 Å². The number of nitrogens with zero attached hydrogens (tertiary/aromatic N) is 4. The fourth-order valence-electron chi connectivity index (χ4n) is 4.89. The molecular formula is C25H28N4O5. The van der Waals surface area contributed by atoms with Crippen LogP contribution in [-0.2, 0) is 11.3 Å². The van der Waals surface area contributed by atoms with Crippen molar-refractivity contribution in [1.82, 2.24) is 20.1 Å². The lowest BCUT2D eigenvalue weighted by atomic mass is 9.90. The van der Waals surface area contributed by atoms with E-state index in [0.29, 0.717) is 42.5 Å². The number of benzene rings is 1. The molecule has 1 aliphatic carbocycles. The molecule has 1 aromatic carbocycles. The molecule has 2 aromatic heterocycles. The van der Waals surface area contributed by atoms with Crippen molar-refractivity contribution in [3.63, 3.8) is 0 Å². The highest BCUT2D eigenvalue weighted by molar-refractivity contribution is 5.92. The van der Waals surface area contributed by atoms with Gasteiger partial charge in [0.1, 0.15) is 22.9 Å². The van der Waals surface area contributed by atoms with Gasteiger partial charge < -0.3 is 19.0 Å². The highest BCUT2D eigenvalue weighted by Crippen LogP contribution is 2.60. The van der Waals surface area contributed by atoms with E-state index < -0.39 is 0 Å². The Bertz CT molecular complexity index is 1190. The predicted octanol–water partition coefficient (Wildman–Crippen LogP) is 3.55. The summed E-state index contributed by atoms with van der Waals surface area (Å²) < 4.78 is 15.8. The summed E-state index contributed by atoms with van der Waals surface area (Å²) in [5, 5.41) is 7.64. The van der Waals surface area contributed by atoms with E-state index >= 15 is 0 Å². The molecule has 0 bridgehead atoms. The Morgan fingerprint density at radius 3 is 2.53 bits per heavy atom. The number of hydrogen-bond donors (Lipinski definition) is 0. The van der Waals surface area contributed by atoms with Gasteiger partial charge >= 0.3 is 0 Å². The van der Waals surface area contributed by atoms with E-state index in [1.54, 1.807) is 25.1 Å². The van der Waals surface area contributed by atoms with Crippen molar-refractivity contribution >= 4 is 11.8 Å². The van der Waals surface area contributed by atoms with Crippen LogP contribution in [0.4, 0.5) is 0 Å². The Hall–Kier alpha value is -3.62. The Balaban J connectivity index is 1.16. The van der Waals surface area contributed by atoms with E-state index in [-0.39, 0.29) is 23.1 Å². The molecule has 1 saturated heterocycles. The fourth-order valence-corrected chi connectivity index (χ4v) is 4.89. The molecule has 3 heterocycles. The van der Waals surface area contributed by atoms with Crippen molar-refractivity contribution in [2.45, 2.75) is 32.7 Å². The first-order chi connectivity index (χ1) is 16.4. The quantitative estimate of drug-likeness (QED) is 0.550. The van der Waals surface area contributed by atoms with Gasteiger partial charge in [-0.1, -0.05) is 10.3 Å². The molecule has 1 aliphatic heterocycles. The number of likely N-dealkylation sites (tertiary alicyclic amines) is 1. The predicted molar refractivity (Wildman–Crippen MR) is 122 cm³/mol. The van der Waals surface area contributed by atoms with Crippen LogP contribution in [-0.4, -0.2) is 59.2 Å². The number of piperidine rings is 1. The van der Waals surface area contributed by atoms with E-state index in [4.69, 9.17) is 13.8 Å². The fraction of sp³-hybridized carbons (Fsp3) is 0.440. The molecule has 3 aromatic rings. The van der Waals surface area contributed by atoms with Gasteiger partial charge in [-0.05, 0) is 68.0 Å². The molecule has 2 amide bonds. The molecule has 1 atom stereocenters. The van der Waals surface area contributed by atoms with Gasteiger partial charge in [0, 0.05) is 31.6 Å². The molecular weight excluding hydrogens is 436 g/mol. The third-order valence-corrected chi connectivity index (χ3v) is 7.24. The van der Waals surface area contributed by atoms with Crippen LogP contribution in [0.2, 0.25) is 0 Å². The number of methoxy groups -OCH3 is 1. The minimum absolute atomic E-state index is 0.000191. The van der Waals surface area contributed by atoms with Crippen LogP contribution < -0.4 is 4.74 Å². The number of carbonyl (C=O) groups excluding carboxylic acids is 2. The van der Waals surface area contributed by atoms with Gasteiger partial charge in [-0.15, -0.1) is 0 Å². The standard InChI is InChI=1S/C25H28N4O5/c1-16-20(27-34-26-16)15-28(2)23(30)19-14-25(19)10-12-29(13-11-25)24(31)22-9-8-21(33-22)17-4-6-18(32-3)7-5-17/h4-9,19H,10-15H2,1-3H3. The Morgan fingerprint density at radius 1 is 1.15 bits per heavy atom. The second-order valence-electron chi connectivity index (χ2n) is 9.29. The Morgan fingerprint density at radius 2 is 1.88 bits per heavy atom. The molecule has 1 unspecified atom stereocenters. The van der Waals surface area contributed by atoms with Gasteiger partial charge in [0.2, 0.25) is 5.91 Å². The first kappa shape index (κ1) is 22.2. The average Bonchev–Trinajstić information content (AvgIpc) is 3.16. The molecule has 178 valence electrons. The monoisotopic (exact) mass is 464 g/mol. The van der Waals surface area contributed by atoms with Crippen molar-refractivity contribution in [3.8, 4) is 17.1 Å². The van der Waals surface area contributed by atoms with Crippen LogP contribution in [0, 0.1) is 18.3 Å². The Labute approximate surface area is 197 Å². The van der Waals surface area contributed by atoms with E-state index in [1.807, 2.05) is 42.2 Å². The first-order valence-electron chi connectivity index (χ1n) is 11.5. The van der Waals surface area contributed by atoms with Crippen molar-refractivity contribution in [3.05, 3.63) is 53.5 Å². The van der Waals surface area contributed by atoms with Crippen LogP contribution in [0.15, 0.2) is 45.4 Å². The number of ether oxygens (including phenoxy) is 1. The largest absolute Gasteiger partial charge is 0.497 e. The summed E-state index contributed by atoms with van der Waals surface area (Å²) in [4.78, 5) is 29.5. The van der Waals surface area contributed by atoms with Crippen molar-refractivity contribution in [2.24, 2.45) is 11.3 Å². The third-order valence-electron chi connectivity index (χ3n) is 7.24. The topological polar surface area (TPSA) is 102 Å². The number of aromatic nitrogens is 2. The normalized spacial score (nSPS) is 18.7. The van der Waals surface area contributed by atoms with E-state index in [9.17, 15) is 9.59 Å². The van der Waals surface area contributed by atoms with Crippen molar-refractivity contribution < 1.29 is 23.4 Å². The van der Waals surface area contributed by atoms with Crippen molar-refractivity contribution in [2.75, 3.05) is 27.2 Å². The molecule has 9 nitrogen and oxygen atoms in total. The third kappa shape index (κ3) is 4.06. The molecule has 0 N–H and O–H groups in total. The number of amides is 2. The summed E-state index contributed by atoms with van der Waals surface area (Å²) >= 11 is 0. The zero-order chi connectivity index (χ0) is 23.9. The summed E-state index contributed by atoms with van der Waals surface area (Å²) in [6, 6.07) is 11.1. The van der Waals surface area contributed by atoms with Crippen LogP contribution in [0.1, 0.15) is 41.2 Å². The number of furan rings is 1. The molecule has 2 fully saturated rings. The number of carbonyl (C=O) groups is 2. The van der Waals surface area contributed by atoms with Gasteiger partial charge in [-0.25, -0.2) is 4.63 Å². The minimum atomic E-state index is -0.107. The summed E-state index contributed by atoms with van der Waals surface area (Å²) in [6.45, 7) is 3.45.